The molecule has 1 nitrogen and oxygen atoms in total. The second-order valence-corrected chi connectivity index (χ2v) is 4.46. The minimum absolute atomic E-state index is 0.282. The lowest BCUT2D eigenvalue weighted by Gasteiger charge is -2.16. The number of fused-ring (bicyclic) bond motifs is 1. The average Bonchev–Trinajstić information content (AvgIpc) is 2.23. The molecule has 1 aromatic rings. The zero-order valence-corrected chi connectivity index (χ0v) is 8.48. The highest BCUT2D eigenvalue weighted by atomic mass is 35.5. The van der Waals surface area contributed by atoms with Crippen molar-refractivity contribution in [2.75, 3.05) is 0 Å². The van der Waals surface area contributed by atoms with Crippen molar-refractivity contribution in [3.05, 3.63) is 34.3 Å². The van der Waals surface area contributed by atoms with Crippen molar-refractivity contribution in [3.8, 4) is 0 Å². The van der Waals surface area contributed by atoms with E-state index in [1.165, 1.54) is 0 Å². The molecule has 0 N–H and O–H groups in total. The Morgan fingerprint density at radius 1 is 1.38 bits per heavy atom. The van der Waals surface area contributed by atoms with Crippen molar-refractivity contribution in [2.45, 2.75) is 25.7 Å². The summed E-state index contributed by atoms with van der Waals surface area (Å²) >= 11 is 5.85. The van der Waals surface area contributed by atoms with Crippen LogP contribution in [0.2, 0.25) is 5.02 Å². The quantitative estimate of drug-likeness (QED) is 0.621. The lowest BCUT2D eigenvalue weighted by molar-refractivity contribution is -0.121. The van der Waals surface area contributed by atoms with Crippen LogP contribution in [-0.2, 0) is 16.6 Å². The highest BCUT2D eigenvalue weighted by molar-refractivity contribution is 6.30. The summed E-state index contributed by atoms with van der Waals surface area (Å²) in [5, 5.41) is 0.712. The first-order valence-corrected chi connectivity index (χ1v) is 4.72. The van der Waals surface area contributed by atoms with Crippen LogP contribution in [0.3, 0.4) is 0 Å². The van der Waals surface area contributed by atoms with Gasteiger partial charge in [-0.1, -0.05) is 17.7 Å². The SMILES string of the molecule is CC1(C)C(=O)Cc2cc(Cl)ccc21. The van der Waals surface area contributed by atoms with Crippen molar-refractivity contribution in [1.29, 1.82) is 0 Å². The fraction of sp³-hybridized carbons (Fsp3) is 0.364. The summed E-state index contributed by atoms with van der Waals surface area (Å²) in [5.74, 6) is 0.282. The molecule has 0 fully saturated rings. The zero-order valence-electron chi connectivity index (χ0n) is 7.73. The third-order valence-electron chi connectivity index (χ3n) is 2.79. The van der Waals surface area contributed by atoms with Gasteiger partial charge in [0.2, 0.25) is 0 Å². The van der Waals surface area contributed by atoms with Gasteiger partial charge >= 0.3 is 0 Å². The molecule has 0 atom stereocenters. The molecule has 0 amide bonds. The normalized spacial score (nSPS) is 18.8. The van der Waals surface area contributed by atoms with Crippen LogP contribution in [0.5, 0.6) is 0 Å². The Bertz CT molecular complexity index is 380. The summed E-state index contributed by atoms with van der Waals surface area (Å²) in [5.41, 5.74) is 1.89. The van der Waals surface area contributed by atoms with E-state index in [1.54, 1.807) is 0 Å². The zero-order chi connectivity index (χ0) is 9.64. The molecule has 0 radical (unpaired) electrons. The lowest BCUT2D eigenvalue weighted by Crippen LogP contribution is -2.23. The van der Waals surface area contributed by atoms with E-state index in [0.29, 0.717) is 11.4 Å². The minimum atomic E-state index is -0.320. The van der Waals surface area contributed by atoms with Crippen LogP contribution in [0.15, 0.2) is 18.2 Å². The fourth-order valence-electron chi connectivity index (χ4n) is 1.86. The summed E-state index contributed by atoms with van der Waals surface area (Å²) < 4.78 is 0. The highest BCUT2D eigenvalue weighted by Gasteiger charge is 2.37. The number of ketones is 1. The number of carbonyl (C=O) groups is 1. The molecule has 0 heterocycles. The summed E-state index contributed by atoms with van der Waals surface area (Å²) in [7, 11) is 0. The largest absolute Gasteiger partial charge is 0.298 e. The number of rotatable bonds is 0. The maximum Gasteiger partial charge on any atom is 0.147 e. The monoisotopic (exact) mass is 194 g/mol. The van der Waals surface area contributed by atoms with Gasteiger partial charge in [0.05, 0.1) is 0 Å². The van der Waals surface area contributed by atoms with E-state index in [2.05, 4.69) is 0 Å². The number of hydrogen-bond acceptors (Lipinski definition) is 1. The molecule has 2 rings (SSSR count). The fourth-order valence-corrected chi connectivity index (χ4v) is 2.06. The Hall–Kier alpha value is -0.820. The molecule has 0 saturated heterocycles. The average molecular weight is 195 g/mol. The van der Waals surface area contributed by atoms with Crippen LogP contribution in [0, 0.1) is 0 Å². The Morgan fingerprint density at radius 2 is 2.08 bits per heavy atom. The third-order valence-corrected chi connectivity index (χ3v) is 3.02. The first-order chi connectivity index (χ1) is 6.01. The predicted octanol–water partition coefficient (Wildman–Crippen LogP) is 2.74. The van der Waals surface area contributed by atoms with Gasteiger partial charge in [-0.2, -0.15) is 0 Å². The van der Waals surface area contributed by atoms with E-state index < -0.39 is 0 Å². The topological polar surface area (TPSA) is 17.1 Å². The van der Waals surface area contributed by atoms with Crippen molar-refractivity contribution in [3.63, 3.8) is 0 Å². The number of halogens is 1. The smallest absolute Gasteiger partial charge is 0.147 e. The molecule has 2 heteroatoms. The van der Waals surface area contributed by atoms with Crippen LogP contribution < -0.4 is 0 Å². The number of carbonyl (C=O) groups excluding carboxylic acids is 1. The molecule has 0 aliphatic heterocycles. The van der Waals surface area contributed by atoms with Crippen LogP contribution in [0.25, 0.3) is 0 Å². The molecule has 0 aromatic heterocycles. The molecule has 68 valence electrons. The van der Waals surface area contributed by atoms with Gasteiger partial charge in [-0.05, 0) is 37.1 Å². The molecule has 13 heavy (non-hydrogen) atoms. The van der Waals surface area contributed by atoms with Crippen LogP contribution >= 0.6 is 11.6 Å². The maximum atomic E-state index is 11.6. The molecule has 1 aromatic carbocycles. The molecule has 0 saturated carbocycles. The standard InChI is InChI=1S/C11H11ClO/c1-11(2)9-4-3-8(12)5-7(9)6-10(11)13/h3-5H,6H2,1-2H3. The first-order valence-electron chi connectivity index (χ1n) is 4.34. The Morgan fingerprint density at radius 3 is 2.77 bits per heavy atom. The first kappa shape index (κ1) is 8.76. The van der Waals surface area contributed by atoms with Gasteiger partial charge in [-0.3, -0.25) is 4.79 Å². The molecular weight excluding hydrogens is 184 g/mol. The number of benzene rings is 1. The van der Waals surface area contributed by atoms with Gasteiger partial charge in [0.1, 0.15) is 5.78 Å². The molecule has 0 bridgehead atoms. The van der Waals surface area contributed by atoms with E-state index in [0.717, 1.165) is 11.1 Å². The second kappa shape index (κ2) is 2.58. The molecular formula is C11H11ClO. The highest BCUT2D eigenvalue weighted by Crippen LogP contribution is 2.36. The van der Waals surface area contributed by atoms with Gasteiger partial charge in [-0.15, -0.1) is 0 Å². The Labute approximate surface area is 82.7 Å². The van der Waals surface area contributed by atoms with Gasteiger partial charge in [0.15, 0.2) is 0 Å². The number of Topliss-reactive ketones (excluding diaryl/α,β-unsaturated/α-hetero) is 1. The van der Waals surface area contributed by atoms with E-state index in [4.69, 9.17) is 11.6 Å². The molecule has 1 aliphatic rings. The summed E-state index contributed by atoms with van der Waals surface area (Å²) in [4.78, 5) is 11.6. The van der Waals surface area contributed by atoms with E-state index in [-0.39, 0.29) is 11.2 Å². The van der Waals surface area contributed by atoms with Crippen LogP contribution in [0.1, 0.15) is 25.0 Å². The van der Waals surface area contributed by atoms with Crippen molar-refractivity contribution < 1.29 is 4.79 Å². The molecule has 1 aliphatic carbocycles. The molecule has 0 spiro atoms. The minimum Gasteiger partial charge on any atom is -0.298 e. The van der Waals surface area contributed by atoms with Crippen LogP contribution in [0.4, 0.5) is 0 Å². The summed E-state index contributed by atoms with van der Waals surface area (Å²) in [6, 6.07) is 5.70. The Kier molecular flexibility index (Phi) is 1.74. The third kappa shape index (κ3) is 1.19. The predicted molar refractivity (Wildman–Crippen MR) is 53.2 cm³/mol. The lowest BCUT2D eigenvalue weighted by atomic mass is 9.86. The summed E-state index contributed by atoms with van der Waals surface area (Å²) in [6.45, 7) is 3.93. The maximum absolute atomic E-state index is 11.6. The van der Waals surface area contributed by atoms with Crippen molar-refractivity contribution >= 4 is 17.4 Å². The number of hydrogen-bond donors (Lipinski definition) is 0. The summed E-state index contributed by atoms with van der Waals surface area (Å²) in [6.07, 6.45) is 0.531. The van der Waals surface area contributed by atoms with Gasteiger partial charge in [-0.25, -0.2) is 0 Å². The van der Waals surface area contributed by atoms with E-state index in [1.807, 2.05) is 32.0 Å². The van der Waals surface area contributed by atoms with Crippen molar-refractivity contribution in [1.82, 2.24) is 0 Å². The van der Waals surface area contributed by atoms with Crippen LogP contribution in [-0.4, -0.2) is 5.78 Å². The molecule has 0 unspecified atom stereocenters. The van der Waals surface area contributed by atoms with Gasteiger partial charge in [0.25, 0.3) is 0 Å². The van der Waals surface area contributed by atoms with E-state index in [9.17, 15) is 4.79 Å². The van der Waals surface area contributed by atoms with Gasteiger partial charge in [0, 0.05) is 16.9 Å². The van der Waals surface area contributed by atoms with E-state index >= 15 is 0 Å². The second-order valence-electron chi connectivity index (χ2n) is 4.03. The Balaban J connectivity index is 2.62. The van der Waals surface area contributed by atoms with Gasteiger partial charge < -0.3 is 0 Å². The van der Waals surface area contributed by atoms with Crippen molar-refractivity contribution in [2.24, 2.45) is 0 Å².